The molecule has 27 heavy (non-hydrogen) atoms. The molecule has 1 unspecified atom stereocenters. The van der Waals surface area contributed by atoms with E-state index in [0.717, 1.165) is 5.56 Å². The highest BCUT2D eigenvalue weighted by molar-refractivity contribution is 5.92. The summed E-state index contributed by atoms with van der Waals surface area (Å²) in [5.41, 5.74) is 6.66. The summed E-state index contributed by atoms with van der Waals surface area (Å²) >= 11 is 0. The van der Waals surface area contributed by atoms with Crippen molar-refractivity contribution in [2.24, 2.45) is 10.7 Å². The lowest BCUT2D eigenvalue weighted by molar-refractivity contribution is -0.115. The van der Waals surface area contributed by atoms with Gasteiger partial charge in [0.15, 0.2) is 6.40 Å². The Kier molecular flexibility index (Phi) is 6.19. The minimum Gasteiger partial charge on any atom is -0.479 e. The third kappa shape index (κ3) is 5.18. The standard InChI is InChI=1S/C20H20N4O3/c21-19(25)18-13-17-14-24(18)11-10-22-15-26-12-5-3-1-2-4-7-16-8-6-9-23-20(16)27-17/h1-11,13,15,17H,12,14H2,(H2,21,25). The molecular weight excluding hydrogens is 344 g/mol. The summed E-state index contributed by atoms with van der Waals surface area (Å²) in [7, 11) is 0. The highest BCUT2D eigenvalue weighted by atomic mass is 16.5. The Morgan fingerprint density at radius 3 is 3.04 bits per heavy atom. The first kappa shape index (κ1) is 18.2. The zero-order valence-electron chi connectivity index (χ0n) is 14.6. The summed E-state index contributed by atoms with van der Waals surface area (Å²) in [4.78, 5) is 21.7. The molecule has 1 amide bonds. The van der Waals surface area contributed by atoms with Gasteiger partial charge in [0.05, 0.1) is 6.54 Å². The first-order chi connectivity index (χ1) is 13.2. The lowest BCUT2D eigenvalue weighted by Crippen LogP contribution is -2.27. The van der Waals surface area contributed by atoms with Crippen molar-refractivity contribution < 1.29 is 14.3 Å². The smallest absolute Gasteiger partial charge is 0.265 e. The van der Waals surface area contributed by atoms with Gasteiger partial charge in [0.25, 0.3) is 5.91 Å². The number of primary amides is 1. The van der Waals surface area contributed by atoms with E-state index in [-0.39, 0.29) is 6.10 Å². The fraction of sp³-hybridized carbons (Fsp3) is 0.150. The second-order valence-electron chi connectivity index (χ2n) is 5.68. The van der Waals surface area contributed by atoms with Gasteiger partial charge in [0.2, 0.25) is 5.88 Å². The van der Waals surface area contributed by atoms with Crippen molar-refractivity contribution in [2.45, 2.75) is 6.10 Å². The van der Waals surface area contributed by atoms with E-state index in [2.05, 4.69) is 9.98 Å². The van der Waals surface area contributed by atoms with E-state index >= 15 is 0 Å². The summed E-state index contributed by atoms with van der Waals surface area (Å²) in [6, 6.07) is 3.75. The molecule has 3 heterocycles. The van der Waals surface area contributed by atoms with Crippen molar-refractivity contribution in [3.63, 3.8) is 0 Å². The predicted octanol–water partition coefficient (Wildman–Crippen LogP) is 2.17. The largest absolute Gasteiger partial charge is 0.479 e. The molecule has 7 heteroatoms. The SMILES string of the molecule is NC(=O)C1=CC2CN1C=CN=COCC=CC=CC=Cc1cccnc1O2. The van der Waals surface area contributed by atoms with Gasteiger partial charge in [-0.15, -0.1) is 0 Å². The highest BCUT2D eigenvalue weighted by Gasteiger charge is 2.27. The van der Waals surface area contributed by atoms with Crippen LogP contribution in [0.1, 0.15) is 5.56 Å². The van der Waals surface area contributed by atoms with Crippen LogP contribution in [-0.4, -0.2) is 41.4 Å². The average Bonchev–Trinajstić information content (AvgIpc) is 3.06. The van der Waals surface area contributed by atoms with Gasteiger partial charge in [-0.1, -0.05) is 24.3 Å². The fourth-order valence-corrected chi connectivity index (χ4v) is 2.54. The quantitative estimate of drug-likeness (QED) is 0.825. The van der Waals surface area contributed by atoms with Crippen LogP contribution in [0, 0.1) is 0 Å². The second kappa shape index (κ2) is 9.19. The third-order valence-corrected chi connectivity index (χ3v) is 3.75. The molecule has 3 rings (SSSR count). The number of fused-ring (bicyclic) bond motifs is 3. The highest BCUT2D eigenvalue weighted by Crippen LogP contribution is 2.23. The number of nitrogens with zero attached hydrogens (tertiary/aromatic N) is 3. The lowest BCUT2D eigenvalue weighted by Gasteiger charge is -2.17. The number of pyridine rings is 1. The van der Waals surface area contributed by atoms with E-state index < -0.39 is 5.91 Å². The Labute approximate surface area is 157 Å². The lowest BCUT2D eigenvalue weighted by atomic mass is 10.2. The van der Waals surface area contributed by atoms with Crippen LogP contribution in [0.2, 0.25) is 0 Å². The number of carbonyl (C=O) groups excluding carboxylic acids is 1. The van der Waals surface area contributed by atoms with Gasteiger partial charge in [-0.25, -0.2) is 9.98 Å². The maximum absolute atomic E-state index is 11.7. The van der Waals surface area contributed by atoms with Crippen molar-refractivity contribution in [3.8, 4) is 5.88 Å². The van der Waals surface area contributed by atoms with E-state index in [0.29, 0.717) is 24.7 Å². The molecule has 2 aliphatic rings. The minimum atomic E-state index is -0.534. The number of hydrogen-bond donors (Lipinski definition) is 1. The molecule has 138 valence electrons. The topological polar surface area (TPSA) is 90.0 Å². The van der Waals surface area contributed by atoms with Crippen molar-refractivity contribution in [2.75, 3.05) is 13.2 Å². The third-order valence-electron chi connectivity index (χ3n) is 3.75. The number of ether oxygens (including phenoxy) is 2. The van der Waals surface area contributed by atoms with Gasteiger partial charge in [0, 0.05) is 24.2 Å². The van der Waals surface area contributed by atoms with Crippen molar-refractivity contribution >= 4 is 18.4 Å². The summed E-state index contributed by atoms with van der Waals surface area (Å²) in [5.74, 6) is -0.0468. The van der Waals surface area contributed by atoms with Crippen LogP contribution in [0.4, 0.5) is 0 Å². The number of rotatable bonds is 1. The van der Waals surface area contributed by atoms with Crippen LogP contribution >= 0.6 is 0 Å². The molecule has 0 aliphatic carbocycles. The van der Waals surface area contributed by atoms with Gasteiger partial charge >= 0.3 is 0 Å². The molecule has 0 aromatic carbocycles. The van der Waals surface area contributed by atoms with Crippen molar-refractivity contribution in [1.29, 1.82) is 0 Å². The van der Waals surface area contributed by atoms with Crippen molar-refractivity contribution in [3.05, 3.63) is 78.4 Å². The van der Waals surface area contributed by atoms with E-state index in [9.17, 15) is 4.79 Å². The maximum atomic E-state index is 11.7. The number of amides is 1. The van der Waals surface area contributed by atoms with Crippen LogP contribution in [0.25, 0.3) is 6.08 Å². The number of hydrogen-bond acceptors (Lipinski definition) is 6. The maximum Gasteiger partial charge on any atom is 0.265 e. The molecule has 2 aliphatic heterocycles. The zero-order chi connectivity index (χ0) is 18.9. The minimum absolute atomic E-state index is 0.351. The van der Waals surface area contributed by atoms with Gasteiger partial charge in [-0.05, 0) is 30.4 Å². The van der Waals surface area contributed by atoms with Gasteiger partial charge in [-0.2, -0.15) is 0 Å². The normalized spacial score (nSPS) is 19.5. The second-order valence-corrected chi connectivity index (χ2v) is 5.68. The number of carbonyl (C=O) groups is 1. The predicted molar refractivity (Wildman–Crippen MR) is 104 cm³/mol. The first-order valence-corrected chi connectivity index (χ1v) is 8.44. The van der Waals surface area contributed by atoms with Gasteiger partial charge < -0.3 is 20.1 Å². The number of nitrogens with two attached hydrogens (primary N) is 1. The van der Waals surface area contributed by atoms with Crippen LogP contribution in [-0.2, 0) is 9.53 Å². The summed E-state index contributed by atoms with van der Waals surface area (Å²) in [5, 5.41) is 0. The molecule has 0 radical (unpaired) electrons. The molecule has 0 fully saturated rings. The molecule has 2 N–H and O–H groups in total. The van der Waals surface area contributed by atoms with E-state index in [4.69, 9.17) is 15.2 Å². The molecule has 1 atom stereocenters. The van der Waals surface area contributed by atoms with Crippen LogP contribution in [0.5, 0.6) is 5.88 Å². The summed E-state index contributed by atoms with van der Waals surface area (Å²) in [6.07, 6.45) is 18.9. The molecule has 0 spiro atoms. The first-order valence-electron chi connectivity index (χ1n) is 8.44. The van der Waals surface area contributed by atoms with E-state index in [1.807, 2.05) is 48.6 Å². The zero-order valence-corrected chi connectivity index (χ0v) is 14.6. The van der Waals surface area contributed by atoms with Crippen LogP contribution in [0.3, 0.4) is 0 Å². The number of allylic oxidation sites excluding steroid dienone is 4. The Bertz CT molecular complexity index is 853. The van der Waals surface area contributed by atoms with E-state index in [1.54, 1.807) is 23.4 Å². The Morgan fingerprint density at radius 2 is 2.15 bits per heavy atom. The molecule has 1 aromatic heterocycles. The van der Waals surface area contributed by atoms with Crippen LogP contribution in [0.15, 0.2) is 77.9 Å². The monoisotopic (exact) mass is 364 g/mol. The number of aliphatic imine (C=N–C) groups is 1. The van der Waals surface area contributed by atoms with Crippen LogP contribution < -0.4 is 10.5 Å². The molecule has 0 saturated carbocycles. The Balaban J connectivity index is 1.88. The molecule has 0 saturated heterocycles. The number of aromatic nitrogens is 1. The van der Waals surface area contributed by atoms with Gasteiger partial charge in [-0.3, -0.25) is 4.79 Å². The molecule has 1 aromatic rings. The van der Waals surface area contributed by atoms with Crippen molar-refractivity contribution in [1.82, 2.24) is 9.88 Å². The fourth-order valence-electron chi connectivity index (χ4n) is 2.54. The molecule has 7 nitrogen and oxygen atoms in total. The summed E-state index contributed by atoms with van der Waals surface area (Å²) in [6.45, 7) is 0.831. The van der Waals surface area contributed by atoms with Gasteiger partial charge in [0.1, 0.15) is 18.4 Å². The van der Waals surface area contributed by atoms with E-state index in [1.165, 1.54) is 12.6 Å². The Morgan fingerprint density at radius 1 is 1.26 bits per heavy atom. The molecular formula is C20H20N4O3. The Hall–Kier alpha value is -3.61. The summed E-state index contributed by atoms with van der Waals surface area (Å²) < 4.78 is 11.2. The average molecular weight is 364 g/mol. The molecule has 2 bridgehead atoms.